The van der Waals surface area contributed by atoms with Gasteiger partial charge in [0.15, 0.2) is 5.96 Å². The Morgan fingerprint density at radius 2 is 1.86 bits per heavy atom. The van der Waals surface area contributed by atoms with Crippen LogP contribution in [-0.4, -0.2) is 11.1 Å². The van der Waals surface area contributed by atoms with Crippen molar-refractivity contribution in [3.63, 3.8) is 0 Å². The lowest BCUT2D eigenvalue weighted by molar-refractivity contribution is 0.380. The van der Waals surface area contributed by atoms with Gasteiger partial charge in [0.2, 0.25) is 0 Å². The van der Waals surface area contributed by atoms with Gasteiger partial charge in [0.1, 0.15) is 5.76 Å². The van der Waals surface area contributed by atoms with Crippen LogP contribution in [0.4, 0.5) is 5.69 Å². The first kappa shape index (κ1) is 16.1. The zero-order chi connectivity index (χ0) is 16.1. The SMILES string of the molecule is CCc1noc(CC)c1CN=C(N)Nc1cc(C)cc(C)c1. The number of aliphatic imine (C=N–C) groups is 1. The number of guanidine groups is 1. The lowest BCUT2D eigenvalue weighted by Gasteiger charge is -2.08. The molecule has 0 amide bonds. The summed E-state index contributed by atoms with van der Waals surface area (Å²) in [5.74, 6) is 1.29. The van der Waals surface area contributed by atoms with Gasteiger partial charge in [-0.2, -0.15) is 0 Å². The molecule has 0 saturated carbocycles. The molecule has 2 aromatic rings. The van der Waals surface area contributed by atoms with E-state index in [4.69, 9.17) is 10.3 Å². The predicted octanol–water partition coefficient (Wildman–Crippen LogP) is 3.34. The van der Waals surface area contributed by atoms with Crippen LogP contribution in [-0.2, 0) is 19.4 Å². The van der Waals surface area contributed by atoms with E-state index in [9.17, 15) is 0 Å². The van der Waals surface area contributed by atoms with Crippen LogP contribution in [0, 0.1) is 13.8 Å². The van der Waals surface area contributed by atoms with Crippen LogP contribution in [0.15, 0.2) is 27.7 Å². The number of benzene rings is 1. The maximum absolute atomic E-state index is 5.99. The molecular weight excluding hydrogens is 276 g/mol. The topological polar surface area (TPSA) is 76.4 Å². The molecule has 0 aliphatic heterocycles. The van der Waals surface area contributed by atoms with Gasteiger partial charge in [-0.3, -0.25) is 0 Å². The summed E-state index contributed by atoms with van der Waals surface area (Å²) in [5, 5.41) is 7.22. The summed E-state index contributed by atoms with van der Waals surface area (Å²) >= 11 is 0. The van der Waals surface area contributed by atoms with E-state index in [-0.39, 0.29) is 0 Å². The Morgan fingerprint density at radius 3 is 2.45 bits per heavy atom. The number of aryl methyl sites for hydroxylation is 4. The van der Waals surface area contributed by atoms with Gasteiger partial charge < -0.3 is 15.6 Å². The third kappa shape index (κ3) is 3.87. The minimum atomic E-state index is 0.398. The molecule has 0 bridgehead atoms. The first-order valence-electron chi connectivity index (χ1n) is 7.65. The second kappa shape index (κ2) is 7.11. The lowest BCUT2D eigenvalue weighted by Crippen LogP contribution is -2.22. The molecule has 1 aromatic heterocycles. The quantitative estimate of drug-likeness (QED) is 0.656. The zero-order valence-corrected chi connectivity index (χ0v) is 13.7. The molecular formula is C17H24N4O. The predicted molar refractivity (Wildman–Crippen MR) is 90.1 cm³/mol. The highest BCUT2D eigenvalue weighted by atomic mass is 16.5. The van der Waals surface area contributed by atoms with E-state index in [1.165, 1.54) is 11.1 Å². The fourth-order valence-corrected chi connectivity index (χ4v) is 2.52. The minimum absolute atomic E-state index is 0.398. The van der Waals surface area contributed by atoms with Crippen LogP contribution in [0.1, 0.15) is 42.0 Å². The highest BCUT2D eigenvalue weighted by Gasteiger charge is 2.12. The third-order valence-electron chi connectivity index (χ3n) is 3.51. The summed E-state index contributed by atoms with van der Waals surface area (Å²) in [7, 11) is 0. The number of nitrogens with two attached hydrogens (primary N) is 1. The van der Waals surface area contributed by atoms with Crippen molar-refractivity contribution in [1.29, 1.82) is 0 Å². The van der Waals surface area contributed by atoms with Gasteiger partial charge in [-0.05, 0) is 43.5 Å². The van der Waals surface area contributed by atoms with Crippen LogP contribution < -0.4 is 11.1 Å². The van der Waals surface area contributed by atoms with Gasteiger partial charge in [-0.1, -0.05) is 25.1 Å². The summed E-state index contributed by atoms with van der Waals surface area (Å²) in [6.07, 6.45) is 1.64. The molecule has 0 aliphatic carbocycles. The van der Waals surface area contributed by atoms with E-state index in [0.29, 0.717) is 12.5 Å². The number of aromatic nitrogens is 1. The molecule has 0 unspecified atom stereocenters. The summed E-state index contributed by atoms with van der Waals surface area (Å²) in [6.45, 7) is 8.71. The maximum atomic E-state index is 5.99. The standard InChI is InChI=1S/C17H24N4O/c1-5-15-14(16(6-2)22-21-15)10-19-17(18)20-13-8-11(3)7-12(4)9-13/h7-9H,5-6,10H2,1-4H3,(H3,18,19,20). The van der Waals surface area contributed by atoms with Crippen LogP contribution in [0.25, 0.3) is 0 Å². The average molecular weight is 300 g/mol. The highest BCUT2D eigenvalue weighted by Crippen LogP contribution is 2.17. The Labute approximate surface area is 131 Å². The van der Waals surface area contributed by atoms with Crippen molar-refractivity contribution in [3.8, 4) is 0 Å². The Bertz CT molecular complexity index is 632. The van der Waals surface area contributed by atoms with Gasteiger partial charge in [0, 0.05) is 17.7 Å². The van der Waals surface area contributed by atoms with Crippen molar-refractivity contribution in [2.75, 3.05) is 5.32 Å². The second-order valence-corrected chi connectivity index (χ2v) is 5.44. The van der Waals surface area contributed by atoms with Gasteiger partial charge >= 0.3 is 0 Å². The van der Waals surface area contributed by atoms with E-state index in [2.05, 4.69) is 42.3 Å². The fourth-order valence-electron chi connectivity index (χ4n) is 2.52. The first-order chi connectivity index (χ1) is 10.5. The monoisotopic (exact) mass is 300 g/mol. The van der Waals surface area contributed by atoms with Crippen molar-refractivity contribution in [2.24, 2.45) is 10.7 Å². The molecule has 0 spiro atoms. The molecule has 0 saturated heterocycles. The fraction of sp³-hybridized carbons (Fsp3) is 0.412. The van der Waals surface area contributed by atoms with E-state index in [1.54, 1.807) is 0 Å². The summed E-state index contributed by atoms with van der Waals surface area (Å²) in [5.41, 5.74) is 11.3. The van der Waals surface area contributed by atoms with Gasteiger partial charge in [-0.25, -0.2) is 4.99 Å². The molecule has 0 fully saturated rings. The second-order valence-electron chi connectivity index (χ2n) is 5.44. The van der Waals surface area contributed by atoms with Crippen molar-refractivity contribution in [1.82, 2.24) is 5.16 Å². The van der Waals surface area contributed by atoms with E-state index < -0.39 is 0 Å². The molecule has 5 heteroatoms. The smallest absolute Gasteiger partial charge is 0.193 e. The average Bonchev–Trinajstić information content (AvgIpc) is 2.85. The molecule has 118 valence electrons. The zero-order valence-electron chi connectivity index (χ0n) is 13.7. The molecule has 3 N–H and O–H groups in total. The number of rotatable bonds is 5. The summed E-state index contributed by atoms with van der Waals surface area (Å²) in [6, 6.07) is 6.21. The Hall–Kier alpha value is -2.30. The van der Waals surface area contributed by atoms with E-state index in [0.717, 1.165) is 35.5 Å². The van der Waals surface area contributed by atoms with Gasteiger partial charge in [0.25, 0.3) is 0 Å². The Balaban J connectivity index is 2.11. The molecule has 0 atom stereocenters. The van der Waals surface area contributed by atoms with Crippen molar-refractivity contribution in [3.05, 3.63) is 46.3 Å². The summed E-state index contributed by atoms with van der Waals surface area (Å²) < 4.78 is 5.34. The molecule has 1 heterocycles. The normalized spacial score (nSPS) is 11.7. The van der Waals surface area contributed by atoms with Crippen molar-refractivity contribution < 1.29 is 4.52 Å². The number of hydrogen-bond acceptors (Lipinski definition) is 3. The minimum Gasteiger partial charge on any atom is -0.370 e. The van der Waals surface area contributed by atoms with Crippen LogP contribution in [0.2, 0.25) is 0 Å². The van der Waals surface area contributed by atoms with Crippen LogP contribution in [0.5, 0.6) is 0 Å². The Morgan fingerprint density at radius 1 is 1.18 bits per heavy atom. The first-order valence-corrected chi connectivity index (χ1v) is 7.65. The number of nitrogens with zero attached hydrogens (tertiary/aromatic N) is 2. The van der Waals surface area contributed by atoms with Gasteiger partial charge in [-0.15, -0.1) is 0 Å². The highest BCUT2D eigenvalue weighted by molar-refractivity contribution is 5.92. The number of nitrogens with one attached hydrogen (secondary N) is 1. The Kier molecular flexibility index (Phi) is 5.20. The van der Waals surface area contributed by atoms with E-state index in [1.807, 2.05) is 19.1 Å². The molecule has 5 nitrogen and oxygen atoms in total. The van der Waals surface area contributed by atoms with Gasteiger partial charge in [0.05, 0.1) is 12.2 Å². The molecule has 0 radical (unpaired) electrons. The molecule has 2 rings (SSSR count). The third-order valence-corrected chi connectivity index (χ3v) is 3.51. The van der Waals surface area contributed by atoms with Crippen LogP contribution in [0.3, 0.4) is 0 Å². The largest absolute Gasteiger partial charge is 0.370 e. The molecule has 22 heavy (non-hydrogen) atoms. The van der Waals surface area contributed by atoms with Crippen molar-refractivity contribution in [2.45, 2.75) is 47.1 Å². The summed E-state index contributed by atoms with van der Waals surface area (Å²) in [4.78, 5) is 4.42. The maximum Gasteiger partial charge on any atom is 0.193 e. The lowest BCUT2D eigenvalue weighted by atomic mass is 10.1. The van der Waals surface area contributed by atoms with Crippen molar-refractivity contribution >= 4 is 11.6 Å². The van der Waals surface area contributed by atoms with E-state index >= 15 is 0 Å². The van der Waals surface area contributed by atoms with Crippen LogP contribution >= 0.6 is 0 Å². The molecule has 1 aromatic carbocycles. The number of hydrogen-bond donors (Lipinski definition) is 2. The molecule has 0 aliphatic rings. The number of anilines is 1.